The Morgan fingerprint density at radius 2 is 1.69 bits per heavy atom. The third kappa shape index (κ3) is 6.92. The van der Waals surface area contributed by atoms with E-state index in [2.05, 4.69) is 4.74 Å². The highest BCUT2D eigenvalue weighted by Crippen LogP contribution is 2.48. The van der Waals surface area contributed by atoms with E-state index in [4.69, 9.17) is 9.47 Å². The van der Waals surface area contributed by atoms with Gasteiger partial charge in [-0.25, -0.2) is 8.78 Å². The molecular formula is C16H23F8NO4. The number of hydrogen-bond donors (Lipinski definition) is 0. The van der Waals surface area contributed by atoms with E-state index in [0.29, 0.717) is 32.7 Å². The van der Waals surface area contributed by atoms with E-state index in [0.717, 1.165) is 0 Å². The minimum atomic E-state index is -6.34. The topological polar surface area (TPSA) is 48.0 Å². The van der Waals surface area contributed by atoms with Crippen LogP contribution < -0.4 is 0 Å². The summed E-state index contributed by atoms with van der Waals surface area (Å²) in [5.74, 6) is -18.9. The quantitative estimate of drug-likeness (QED) is 0.341. The van der Waals surface area contributed by atoms with Gasteiger partial charge < -0.3 is 14.2 Å². The molecule has 1 unspecified atom stereocenters. The number of nitrogens with zero attached hydrogens (tertiary/aromatic N) is 1. The van der Waals surface area contributed by atoms with Crippen molar-refractivity contribution in [2.24, 2.45) is 0 Å². The molecule has 0 aliphatic carbocycles. The summed E-state index contributed by atoms with van der Waals surface area (Å²) in [6, 6.07) is 0. The normalized spacial score (nSPS) is 18.1. The van der Waals surface area contributed by atoms with Crippen LogP contribution >= 0.6 is 0 Å². The summed E-state index contributed by atoms with van der Waals surface area (Å²) in [6.07, 6.45) is -5.70. The Kier molecular flexibility index (Phi) is 9.54. The Hall–Kier alpha value is -1.21. The summed E-state index contributed by atoms with van der Waals surface area (Å²) >= 11 is 0. The van der Waals surface area contributed by atoms with Gasteiger partial charge in [0.2, 0.25) is 0 Å². The molecule has 1 rings (SSSR count). The van der Waals surface area contributed by atoms with Gasteiger partial charge in [-0.05, 0) is 6.42 Å². The van der Waals surface area contributed by atoms with Crippen LogP contribution in [0.3, 0.4) is 0 Å². The summed E-state index contributed by atoms with van der Waals surface area (Å²) in [5, 5.41) is 0. The molecule has 1 atom stereocenters. The summed E-state index contributed by atoms with van der Waals surface area (Å²) in [5.41, 5.74) is 0. The lowest BCUT2D eigenvalue weighted by atomic mass is 10.1. The zero-order valence-electron chi connectivity index (χ0n) is 15.6. The molecule has 1 heterocycles. The average molecular weight is 445 g/mol. The maximum Gasteiger partial charge on any atom is 0.380 e. The number of alkyl halides is 8. The molecule has 172 valence electrons. The summed E-state index contributed by atoms with van der Waals surface area (Å²) < 4.78 is 118. The molecule has 1 fully saturated rings. The number of carbonyl (C=O) groups excluding carboxylic acids is 1. The van der Waals surface area contributed by atoms with Gasteiger partial charge in [0, 0.05) is 26.1 Å². The molecule has 0 aromatic rings. The van der Waals surface area contributed by atoms with Crippen LogP contribution in [0.4, 0.5) is 35.1 Å². The standard InChI is InChI=1S/C16H23F8NO4/c1-2-3-12(26)29-11(8-25-4-6-27-7-5-25)9-28-10-14(19,20)16(23,24)15(21,22)13(17)18/h11,13H,2-10H2,1H3. The van der Waals surface area contributed by atoms with Crippen molar-refractivity contribution in [3.8, 4) is 0 Å². The Balaban J connectivity index is 2.72. The van der Waals surface area contributed by atoms with Gasteiger partial charge in [-0.1, -0.05) is 6.92 Å². The molecule has 1 aliphatic heterocycles. The predicted octanol–water partition coefficient (Wildman–Crippen LogP) is 3.22. The van der Waals surface area contributed by atoms with Gasteiger partial charge in [0.25, 0.3) is 0 Å². The molecule has 0 bridgehead atoms. The maximum atomic E-state index is 13.5. The zero-order valence-corrected chi connectivity index (χ0v) is 15.6. The number of carbonyl (C=O) groups is 1. The Morgan fingerprint density at radius 1 is 1.10 bits per heavy atom. The summed E-state index contributed by atoms with van der Waals surface area (Å²) in [7, 11) is 0. The van der Waals surface area contributed by atoms with Crippen LogP contribution in [-0.4, -0.2) is 87.2 Å². The zero-order chi connectivity index (χ0) is 22.3. The van der Waals surface area contributed by atoms with Crippen molar-refractivity contribution < 1.29 is 54.1 Å². The molecule has 0 saturated carbocycles. The van der Waals surface area contributed by atoms with Crippen molar-refractivity contribution in [2.75, 3.05) is 46.1 Å². The minimum Gasteiger partial charge on any atom is -0.459 e. The van der Waals surface area contributed by atoms with Crippen LogP contribution in [-0.2, 0) is 19.0 Å². The first-order chi connectivity index (χ1) is 13.3. The highest BCUT2D eigenvalue weighted by molar-refractivity contribution is 5.69. The SMILES string of the molecule is CCCC(=O)OC(COCC(F)(F)C(F)(F)C(F)(F)C(F)F)CN1CCOCC1. The predicted molar refractivity (Wildman–Crippen MR) is 83.7 cm³/mol. The lowest BCUT2D eigenvalue weighted by Crippen LogP contribution is -2.59. The number of hydrogen-bond acceptors (Lipinski definition) is 5. The number of rotatable bonds is 12. The van der Waals surface area contributed by atoms with E-state index >= 15 is 0 Å². The molecule has 0 N–H and O–H groups in total. The first kappa shape index (κ1) is 25.8. The second-order valence-electron chi connectivity index (χ2n) is 6.49. The van der Waals surface area contributed by atoms with Gasteiger partial charge in [-0.15, -0.1) is 0 Å². The number of morpholine rings is 1. The number of esters is 1. The molecule has 0 aromatic heterocycles. The van der Waals surface area contributed by atoms with Crippen LogP contribution in [0.5, 0.6) is 0 Å². The first-order valence-electron chi connectivity index (χ1n) is 8.84. The van der Waals surface area contributed by atoms with E-state index in [-0.39, 0.29) is 13.0 Å². The van der Waals surface area contributed by atoms with Crippen molar-refractivity contribution in [2.45, 2.75) is 50.1 Å². The van der Waals surface area contributed by atoms with Crippen molar-refractivity contribution in [3.05, 3.63) is 0 Å². The molecular weight excluding hydrogens is 422 g/mol. The lowest BCUT2D eigenvalue weighted by Gasteiger charge is -2.33. The van der Waals surface area contributed by atoms with Gasteiger partial charge in [0.1, 0.15) is 12.7 Å². The highest BCUT2D eigenvalue weighted by atomic mass is 19.4. The van der Waals surface area contributed by atoms with Crippen LogP contribution in [0.25, 0.3) is 0 Å². The Bertz CT molecular complexity index is 515. The van der Waals surface area contributed by atoms with Gasteiger partial charge in [-0.2, -0.15) is 26.3 Å². The molecule has 0 amide bonds. The van der Waals surface area contributed by atoms with Crippen molar-refractivity contribution >= 4 is 5.97 Å². The lowest BCUT2D eigenvalue weighted by molar-refractivity contribution is -0.346. The van der Waals surface area contributed by atoms with Crippen molar-refractivity contribution in [1.82, 2.24) is 4.90 Å². The second-order valence-corrected chi connectivity index (χ2v) is 6.49. The largest absolute Gasteiger partial charge is 0.459 e. The molecule has 0 radical (unpaired) electrons. The number of halogens is 8. The molecule has 1 aliphatic rings. The third-order valence-electron chi connectivity index (χ3n) is 4.06. The molecule has 29 heavy (non-hydrogen) atoms. The summed E-state index contributed by atoms with van der Waals surface area (Å²) in [6.45, 7) is 0.209. The number of ether oxygens (including phenoxy) is 3. The molecule has 5 nitrogen and oxygen atoms in total. The minimum absolute atomic E-state index is 0.00791. The van der Waals surface area contributed by atoms with Crippen LogP contribution in [0, 0.1) is 0 Å². The fraction of sp³-hybridized carbons (Fsp3) is 0.938. The second kappa shape index (κ2) is 10.7. The van der Waals surface area contributed by atoms with Crippen molar-refractivity contribution in [3.63, 3.8) is 0 Å². The molecule has 13 heteroatoms. The Labute approximate surface area is 162 Å². The van der Waals surface area contributed by atoms with Gasteiger partial charge in [0.15, 0.2) is 0 Å². The van der Waals surface area contributed by atoms with Gasteiger partial charge in [0.05, 0.1) is 19.8 Å². The molecule has 0 aromatic carbocycles. The van der Waals surface area contributed by atoms with Gasteiger partial charge in [-0.3, -0.25) is 9.69 Å². The fourth-order valence-electron chi connectivity index (χ4n) is 2.43. The van der Waals surface area contributed by atoms with Crippen LogP contribution in [0.1, 0.15) is 19.8 Å². The van der Waals surface area contributed by atoms with Gasteiger partial charge >= 0.3 is 30.2 Å². The van der Waals surface area contributed by atoms with Crippen LogP contribution in [0.2, 0.25) is 0 Å². The first-order valence-corrected chi connectivity index (χ1v) is 8.84. The smallest absolute Gasteiger partial charge is 0.380 e. The van der Waals surface area contributed by atoms with E-state index in [1.807, 2.05) is 0 Å². The van der Waals surface area contributed by atoms with E-state index in [1.165, 1.54) is 0 Å². The van der Waals surface area contributed by atoms with E-state index in [9.17, 15) is 39.9 Å². The maximum absolute atomic E-state index is 13.5. The molecule has 1 saturated heterocycles. The van der Waals surface area contributed by atoms with E-state index in [1.54, 1.807) is 11.8 Å². The van der Waals surface area contributed by atoms with E-state index < -0.39 is 49.5 Å². The fourth-order valence-corrected chi connectivity index (χ4v) is 2.43. The van der Waals surface area contributed by atoms with Crippen molar-refractivity contribution in [1.29, 1.82) is 0 Å². The van der Waals surface area contributed by atoms with Crippen LogP contribution in [0.15, 0.2) is 0 Å². The summed E-state index contributed by atoms with van der Waals surface area (Å²) in [4.78, 5) is 13.4. The molecule has 0 spiro atoms. The Morgan fingerprint density at radius 3 is 2.21 bits per heavy atom. The monoisotopic (exact) mass is 445 g/mol. The highest BCUT2D eigenvalue weighted by Gasteiger charge is 2.75. The average Bonchev–Trinajstić information content (AvgIpc) is 2.62. The third-order valence-corrected chi connectivity index (χ3v) is 4.06.